The molecule has 0 saturated carbocycles. The SMILES string of the molecule is CCOc1cc(Cl)c(C(O)Cc2ccccc2F)cc1Cl. The van der Waals surface area contributed by atoms with Crippen LogP contribution in [-0.2, 0) is 6.42 Å². The van der Waals surface area contributed by atoms with E-state index < -0.39 is 6.10 Å². The summed E-state index contributed by atoms with van der Waals surface area (Å²) in [5.41, 5.74) is 0.874. The van der Waals surface area contributed by atoms with Crippen LogP contribution in [0, 0.1) is 5.82 Å². The average molecular weight is 329 g/mol. The van der Waals surface area contributed by atoms with E-state index in [1.807, 2.05) is 6.92 Å². The lowest BCUT2D eigenvalue weighted by atomic mass is 10.0. The summed E-state index contributed by atoms with van der Waals surface area (Å²) in [6.45, 7) is 2.30. The van der Waals surface area contributed by atoms with Gasteiger partial charge in [0.2, 0.25) is 0 Å². The van der Waals surface area contributed by atoms with Crippen molar-refractivity contribution in [2.45, 2.75) is 19.4 Å². The van der Waals surface area contributed by atoms with Crippen molar-refractivity contribution in [2.75, 3.05) is 6.61 Å². The number of aliphatic hydroxyl groups excluding tert-OH is 1. The lowest BCUT2D eigenvalue weighted by Gasteiger charge is -2.15. The fourth-order valence-electron chi connectivity index (χ4n) is 2.05. The second-order valence-electron chi connectivity index (χ2n) is 4.55. The van der Waals surface area contributed by atoms with Gasteiger partial charge in [-0.05, 0) is 24.6 Å². The molecule has 0 radical (unpaired) electrons. The zero-order valence-electron chi connectivity index (χ0n) is 11.4. The highest BCUT2D eigenvalue weighted by Gasteiger charge is 2.17. The molecule has 0 amide bonds. The Balaban J connectivity index is 2.25. The van der Waals surface area contributed by atoms with Crippen LogP contribution in [0.4, 0.5) is 4.39 Å². The van der Waals surface area contributed by atoms with Gasteiger partial charge in [0.1, 0.15) is 11.6 Å². The van der Waals surface area contributed by atoms with Gasteiger partial charge in [-0.3, -0.25) is 0 Å². The normalized spacial score (nSPS) is 12.2. The van der Waals surface area contributed by atoms with E-state index in [4.69, 9.17) is 27.9 Å². The predicted molar refractivity (Wildman–Crippen MR) is 82.7 cm³/mol. The Kier molecular flexibility index (Phi) is 5.45. The van der Waals surface area contributed by atoms with Crippen LogP contribution in [0.2, 0.25) is 10.0 Å². The molecule has 1 N–H and O–H groups in total. The maximum atomic E-state index is 13.6. The van der Waals surface area contributed by atoms with E-state index in [9.17, 15) is 9.50 Å². The molecule has 0 fully saturated rings. The molecule has 1 atom stereocenters. The minimum Gasteiger partial charge on any atom is -0.492 e. The second kappa shape index (κ2) is 7.12. The highest BCUT2D eigenvalue weighted by atomic mass is 35.5. The maximum Gasteiger partial charge on any atom is 0.139 e. The van der Waals surface area contributed by atoms with E-state index in [0.29, 0.717) is 33.5 Å². The zero-order chi connectivity index (χ0) is 15.4. The van der Waals surface area contributed by atoms with E-state index >= 15 is 0 Å². The number of aliphatic hydroxyl groups is 1. The number of hydrogen-bond acceptors (Lipinski definition) is 2. The maximum absolute atomic E-state index is 13.6. The lowest BCUT2D eigenvalue weighted by Crippen LogP contribution is -2.05. The topological polar surface area (TPSA) is 29.5 Å². The first-order valence-electron chi connectivity index (χ1n) is 6.56. The average Bonchev–Trinajstić information content (AvgIpc) is 2.45. The Morgan fingerprint density at radius 3 is 2.57 bits per heavy atom. The van der Waals surface area contributed by atoms with E-state index in [-0.39, 0.29) is 12.2 Å². The Hall–Kier alpha value is -1.29. The molecule has 0 saturated heterocycles. The van der Waals surface area contributed by atoms with E-state index in [0.717, 1.165) is 0 Å². The van der Waals surface area contributed by atoms with E-state index in [1.165, 1.54) is 6.07 Å². The van der Waals surface area contributed by atoms with Crippen LogP contribution >= 0.6 is 23.2 Å². The molecule has 2 aromatic carbocycles. The van der Waals surface area contributed by atoms with Crippen molar-refractivity contribution < 1.29 is 14.2 Å². The van der Waals surface area contributed by atoms with Gasteiger partial charge in [0, 0.05) is 18.1 Å². The van der Waals surface area contributed by atoms with Gasteiger partial charge in [-0.2, -0.15) is 0 Å². The summed E-state index contributed by atoms with van der Waals surface area (Å²) in [6, 6.07) is 9.43. The first-order valence-corrected chi connectivity index (χ1v) is 7.31. The van der Waals surface area contributed by atoms with Gasteiger partial charge in [0.15, 0.2) is 0 Å². The quantitative estimate of drug-likeness (QED) is 0.853. The highest BCUT2D eigenvalue weighted by molar-refractivity contribution is 6.34. The Morgan fingerprint density at radius 2 is 1.90 bits per heavy atom. The van der Waals surface area contributed by atoms with Gasteiger partial charge in [-0.15, -0.1) is 0 Å². The molecule has 0 bridgehead atoms. The van der Waals surface area contributed by atoms with Gasteiger partial charge in [0.05, 0.1) is 22.8 Å². The van der Waals surface area contributed by atoms with Crippen LogP contribution in [0.5, 0.6) is 5.75 Å². The number of benzene rings is 2. The third-order valence-electron chi connectivity index (χ3n) is 3.08. The van der Waals surface area contributed by atoms with Crippen LogP contribution in [-0.4, -0.2) is 11.7 Å². The van der Waals surface area contributed by atoms with Crippen molar-refractivity contribution in [2.24, 2.45) is 0 Å². The molecule has 21 heavy (non-hydrogen) atoms. The minimum absolute atomic E-state index is 0.122. The van der Waals surface area contributed by atoms with Crippen molar-refractivity contribution in [3.8, 4) is 5.75 Å². The van der Waals surface area contributed by atoms with Crippen LogP contribution in [0.1, 0.15) is 24.2 Å². The van der Waals surface area contributed by atoms with Crippen LogP contribution in [0.3, 0.4) is 0 Å². The summed E-state index contributed by atoms with van der Waals surface area (Å²) in [5, 5.41) is 11.0. The molecule has 2 rings (SSSR count). The van der Waals surface area contributed by atoms with Crippen molar-refractivity contribution in [1.29, 1.82) is 0 Å². The molecule has 2 nitrogen and oxygen atoms in total. The third-order valence-corrected chi connectivity index (χ3v) is 3.70. The predicted octanol–water partition coefficient (Wildman–Crippen LogP) is 4.81. The van der Waals surface area contributed by atoms with Crippen LogP contribution in [0.25, 0.3) is 0 Å². The van der Waals surface area contributed by atoms with Crippen molar-refractivity contribution in [3.63, 3.8) is 0 Å². The Labute approximate surface area is 133 Å². The molecule has 0 aromatic heterocycles. The molecule has 1 unspecified atom stereocenters. The van der Waals surface area contributed by atoms with E-state index in [2.05, 4.69) is 0 Å². The Bertz CT molecular complexity index is 632. The van der Waals surface area contributed by atoms with Gasteiger partial charge < -0.3 is 9.84 Å². The molecule has 5 heteroatoms. The summed E-state index contributed by atoms with van der Waals surface area (Å²) < 4.78 is 19.0. The summed E-state index contributed by atoms with van der Waals surface area (Å²) in [6.07, 6.45) is -0.820. The number of hydrogen-bond donors (Lipinski definition) is 1. The minimum atomic E-state index is -0.942. The largest absolute Gasteiger partial charge is 0.492 e. The van der Waals surface area contributed by atoms with Crippen molar-refractivity contribution in [1.82, 2.24) is 0 Å². The summed E-state index contributed by atoms with van der Waals surface area (Å²) >= 11 is 12.2. The zero-order valence-corrected chi connectivity index (χ0v) is 13.0. The van der Waals surface area contributed by atoms with Gasteiger partial charge >= 0.3 is 0 Å². The summed E-state index contributed by atoms with van der Waals surface area (Å²) in [7, 11) is 0. The Morgan fingerprint density at radius 1 is 1.19 bits per heavy atom. The smallest absolute Gasteiger partial charge is 0.139 e. The second-order valence-corrected chi connectivity index (χ2v) is 5.36. The molecule has 0 aliphatic heterocycles. The van der Waals surface area contributed by atoms with Crippen molar-refractivity contribution >= 4 is 23.2 Å². The van der Waals surface area contributed by atoms with Crippen LogP contribution < -0.4 is 4.74 Å². The molecule has 0 aliphatic carbocycles. The molecule has 0 spiro atoms. The number of halogens is 3. The fourth-order valence-corrected chi connectivity index (χ4v) is 2.55. The van der Waals surface area contributed by atoms with Gasteiger partial charge in [0.25, 0.3) is 0 Å². The monoisotopic (exact) mass is 328 g/mol. The number of rotatable bonds is 5. The molecule has 0 heterocycles. The van der Waals surface area contributed by atoms with Crippen LogP contribution in [0.15, 0.2) is 36.4 Å². The first-order chi connectivity index (χ1) is 10.0. The number of ether oxygens (including phenoxy) is 1. The molecule has 2 aromatic rings. The summed E-state index contributed by atoms with van der Waals surface area (Å²) in [4.78, 5) is 0. The molecule has 0 aliphatic rings. The van der Waals surface area contributed by atoms with E-state index in [1.54, 1.807) is 30.3 Å². The molecular weight excluding hydrogens is 314 g/mol. The lowest BCUT2D eigenvalue weighted by molar-refractivity contribution is 0.177. The molecular formula is C16H15Cl2FO2. The summed E-state index contributed by atoms with van der Waals surface area (Å²) in [5.74, 6) is 0.107. The standard InChI is InChI=1S/C16H15Cl2FO2/c1-2-21-16-9-12(17)11(8-13(16)18)15(20)7-10-5-3-4-6-14(10)19/h3-6,8-9,15,20H,2,7H2,1H3. The molecule has 112 valence electrons. The van der Waals surface area contributed by atoms with Gasteiger partial charge in [-0.25, -0.2) is 4.39 Å². The van der Waals surface area contributed by atoms with Gasteiger partial charge in [-0.1, -0.05) is 41.4 Å². The van der Waals surface area contributed by atoms with Crippen molar-refractivity contribution in [3.05, 3.63) is 63.4 Å². The highest BCUT2D eigenvalue weighted by Crippen LogP contribution is 2.35. The third kappa shape index (κ3) is 3.88. The first kappa shape index (κ1) is 16.1. The fraction of sp³-hybridized carbons (Fsp3) is 0.250.